The molecular weight excluding hydrogens is 368 g/mol. The summed E-state index contributed by atoms with van der Waals surface area (Å²) < 4.78 is 5.99. The number of aryl methyl sites for hydroxylation is 1. The molecular formula is C22H24N4OS. The molecule has 0 radical (unpaired) electrons. The van der Waals surface area contributed by atoms with Crippen molar-refractivity contribution in [1.29, 1.82) is 0 Å². The van der Waals surface area contributed by atoms with Crippen molar-refractivity contribution in [2.75, 3.05) is 18.4 Å². The van der Waals surface area contributed by atoms with E-state index in [1.165, 1.54) is 0 Å². The Morgan fingerprint density at radius 2 is 1.93 bits per heavy atom. The number of para-hydroxylation sites is 1. The zero-order valence-electron chi connectivity index (χ0n) is 15.8. The maximum Gasteiger partial charge on any atom is 0.170 e. The van der Waals surface area contributed by atoms with Gasteiger partial charge in [-0.2, -0.15) is 0 Å². The van der Waals surface area contributed by atoms with Gasteiger partial charge in [-0.1, -0.05) is 24.3 Å². The highest BCUT2D eigenvalue weighted by molar-refractivity contribution is 7.80. The molecule has 0 amide bonds. The number of thiocarbonyl (C=S) groups is 1. The molecule has 6 heteroatoms. The zero-order valence-corrected chi connectivity index (χ0v) is 16.7. The van der Waals surface area contributed by atoms with Gasteiger partial charge in [0.05, 0.1) is 11.7 Å². The van der Waals surface area contributed by atoms with Crippen LogP contribution in [0.2, 0.25) is 0 Å². The molecule has 2 aromatic heterocycles. The second-order valence-corrected chi connectivity index (χ2v) is 7.30. The van der Waals surface area contributed by atoms with Crippen molar-refractivity contribution in [3.63, 3.8) is 0 Å². The van der Waals surface area contributed by atoms with Crippen LogP contribution in [0, 0.1) is 6.92 Å². The predicted octanol–water partition coefficient (Wildman–Crippen LogP) is 4.46. The van der Waals surface area contributed by atoms with Gasteiger partial charge in [-0.25, -0.2) is 0 Å². The Morgan fingerprint density at radius 3 is 2.64 bits per heavy atom. The second-order valence-electron chi connectivity index (χ2n) is 6.91. The molecule has 2 N–H and O–H groups in total. The molecule has 0 saturated carbocycles. The van der Waals surface area contributed by atoms with Crippen molar-refractivity contribution in [3.05, 3.63) is 84.1 Å². The molecule has 1 saturated heterocycles. The van der Waals surface area contributed by atoms with Gasteiger partial charge in [-0.3, -0.25) is 4.98 Å². The number of hydrogen-bond donors (Lipinski definition) is 2. The molecule has 1 aliphatic heterocycles. The summed E-state index contributed by atoms with van der Waals surface area (Å²) in [6, 6.07) is 20.2. The van der Waals surface area contributed by atoms with Gasteiger partial charge in [0.1, 0.15) is 17.6 Å². The Labute approximate surface area is 170 Å². The van der Waals surface area contributed by atoms with Crippen LogP contribution in [0.1, 0.15) is 35.7 Å². The van der Waals surface area contributed by atoms with Gasteiger partial charge < -0.3 is 20.0 Å². The Morgan fingerprint density at radius 1 is 1.11 bits per heavy atom. The molecule has 1 fully saturated rings. The second kappa shape index (κ2) is 8.44. The summed E-state index contributed by atoms with van der Waals surface area (Å²) in [5.74, 6) is 1.81. The third-order valence-electron chi connectivity index (χ3n) is 4.93. The normalized spacial score (nSPS) is 18.9. The summed E-state index contributed by atoms with van der Waals surface area (Å²) in [6.45, 7) is 3.68. The minimum Gasteiger partial charge on any atom is -0.464 e. The number of nitrogens with zero attached hydrogens (tertiary/aromatic N) is 2. The van der Waals surface area contributed by atoms with Crippen LogP contribution in [0.3, 0.4) is 0 Å². The number of rotatable bonds is 7. The minimum absolute atomic E-state index is 0.00664. The molecule has 0 bridgehead atoms. The lowest BCUT2D eigenvalue weighted by Gasteiger charge is -2.26. The number of benzene rings is 1. The van der Waals surface area contributed by atoms with Crippen molar-refractivity contribution >= 4 is 23.0 Å². The molecule has 1 aromatic carbocycles. The maximum absolute atomic E-state index is 5.99. The molecule has 3 heterocycles. The van der Waals surface area contributed by atoms with Crippen LogP contribution in [0.4, 0.5) is 5.69 Å². The zero-order chi connectivity index (χ0) is 19.3. The molecule has 0 aliphatic carbocycles. The van der Waals surface area contributed by atoms with Gasteiger partial charge in [0, 0.05) is 25.0 Å². The topological polar surface area (TPSA) is 53.3 Å². The van der Waals surface area contributed by atoms with E-state index in [9.17, 15) is 0 Å². The molecule has 28 heavy (non-hydrogen) atoms. The van der Waals surface area contributed by atoms with Crippen LogP contribution in [0.15, 0.2) is 71.3 Å². The van der Waals surface area contributed by atoms with Crippen molar-refractivity contribution in [1.82, 2.24) is 15.2 Å². The Bertz CT molecular complexity index is 913. The first kappa shape index (κ1) is 18.5. The lowest BCUT2D eigenvalue weighted by atomic mass is 10.0. The van der Waals surface area contributed by atoms with Crippen molar-refractivity contribution in [3.8, 4) is 0 Å². The van der Waals surface area contributed by atoms with Gasteiger partial charge in [0.25, 0.3) is 0 Å². The van der Waals surface area contributed by atoms with E-state index in [2.05, 4.69) is 32.7 Å². The van der Waals surface area contributed by atoms with E-state index in [0.717, 1.165) is 47.5 Å². The fraction of sp³-hybridized carbons (Fsp3) is 0.273. The van der Waals surface area contributed by atoms with E-state index in [1.54, 1.807) is 0 Å². The van der Waals surface area contributed by atoms with Crippen LogP contribution < -0.4 is 10.6 Å². The number of aromatic nitrogens is 1. The molecule has 2 atom stereocenters. The smallest absolute Gasteiger partial charge is 0.170 e. The summed E-state index contributed by atoms with van der Waals surface area (Å²) >= 11 is 5.67. The number of hydrogen-bond acceptors (Lipinski definition) is 4. The maximum atomic E-state index is 5.99. The largest absolute Gasteiger partial charge is 0.464 e. The molecule has 3 aromatic rings. The SMILES string of the molecule is Cc1ccc([C@H]2[C@H](c3ccccn3)NC(=S)N2CCCNc2ccccc2)o1. The average molecular weight is 393 g/mol. The molecule has 5 nitrogen and oxygen atoms in total. The standard InChI is InChI=1S/C22H24N4OS/c1-16-11-12-19(27-16)21-20(18-10-5-6-13-24-18)25-22(28)26(21)15-7-14-23-17-8-3-2-4-9-17/h2-6,8-13,20-21,23H,7,14-15H2,1H3,(H,25,28)/t20-,21-/m0/s1. The van der Waals surface area contributed by atoms with E-state index in [4.69, 9.17) is 16.6 Å². The third kappa shape index (κ3) is 4.02. The van der Waals surface area contributed by atoms with Gasteiger partial charge in [0.2, 0.25) is 0 Å². The first-order valence-electron chi connectivity index (χ1n) is 9.56. The first-order chi connectivity index (χ1) is 13.7. The number of pyridine rings is 1. The number of furan rings is 1. The molecule has 1 aliphatic rings. The van der Waals surface area contributed by atoms with E-state index >= 15 is 0 Å². The molecule has 4 rings (SSSR count). The number of anilines is 1. The van der Waals surface area contributed by atoms with Crippen LogP contribution in [0.25, 0.3) is 0 Å². The van der Waals surface area contributed by atoms with Crippen LogP contribution in [-0.2, 0) is 0 Å². The minimum atomic E-state index is -0.0265. The Balaban J connectivity index is 1.48. The lowest BCUT2D eigenvalue weighted by Crippen LogP contribution is -2.31. The summed E-state index contributed by atoms with van der Waals surface area (Å²) in [7, 11) is 0. The van der Waals surface area contributed by atoms with Crippen LogP contribution in [0.5, 0.6) is 0 Å². The van der Waals surface area contributed by atoms with E-state index in [1.807, 2.05) is 61.7 Å². The molecule has 144 valence electrons. The third-order valence-corrected chi connectivity index (χ3v) is 5.28. The van der Waals surface area contributed by atoms with Gasteiger partial charge in [-0.05, 0) is 62.0 Å². The molecule has 0 unspecified atom stereocenters. The van der Waals surface area contributed by atoms with E-state index in [0.29, 0.717) is 0 Å². The van der Waals surface area contributed by atoms with E-state index < -0.39 is 0 Å². The van der Waals surface area contributed by atoms with Crippen LogP contribution in [-0.4, -0.2) is 28.1 Å². The monoisotopic (exact) mass is 392 g/mol. The highest BCUT2D eigenvalue weighted by atomic mass is 32.1. The lowest BCUT2D eigenvalue weighted by molar-refractivity contribution is 0.269. The Kier molecular flexibility index (Phi) is 5.58. The van der Waals surface area contributed by atoms with Crippen LogP contribution >= 0.6 is 12.2 Å². The predicted molar refractivity (Wildman–Crippen MR) is 115 cm³/mol. The highest BCUT2D eigenvalue weighted by Gasteiger charge is 2.41. The van der Waals surface area contributed by atoms with Crippen molar-refractivity contribution < 1.29 is 4.42 Å². The Hall–Kier alpha value is -2.86. The van der Waals surface area contributed by atoms with Gasteiger partial charge >= 0.3 is 0 Å². The molecule has 0 spiro atoms. The summed E-state index contributed by atoms with van der Waals surface area (Å²) in [4.78, 5) is 6.77. The van der Waals surface area contributed by atoms with Gasteiger partial charge in [-0.15, -0.1) is 0 Å². The summed E-state index contributed by atoms with van der Waals surface area (Å²) in [6.07, 6.45) is 2.78. The number of nitrogens with one attached hydrogen (secondary N) is 2. The highest BCUT2D eigenvalue weighted by Crippen LogP contribution is 2.39. The summed E-state index contributed by atoms with van der Waals surface area (Å²) in [5.41, 5.74) is 2.10. The van der Waals surface area contributed by atoms with Crippen molar-refractivity contribution in [2.24, 2.45) is 0 Å². The fourth-order valence-corrected chi connectivity index (χ4v) is 3.94. The first-order valence-corrected chi connectivity index (χ1v) is 9.96. The van der Waals surface area contributed by atoms with Gasteiger partial charge in [0.15, 0.2) is 5.11 Å². The quantitative estimate of drug-likeness (QED) is 0.457. The van der Waals surface area contributed by atoms with E-state index in [-0.39, 0.29) is 12.1 Å². The van der Waals surface area contributed by atoms with Crippen molar-refractivity contribution in [2.45, 2.75) is 25.4 Å². The summed E-state index contributed by atoms with van der Waals surface area (Å²) in [5, 5.41) is 7.65. The average Bonchev–Trinajstić information content (AvgIpc) is 3.29. The fourth-order valence-electron chi connectivity index (χ4n) is 3.61.